The molecule has 33 heavy (non-hydrogen) atoms. The molecule has 0 amide bonds. The van der Waals surface area contributed by atoms with E-state index in [1.54, 1.807) is 30.3 Å². The van der Waals surface area contributed by atoms with Crippen LogP contribution in [0, 0.1) is 12.3 Å². The second-order valence-electron chi connectivity index (χ2n) is 6.35. The lowest BCUT2D eigenvalue weighted by Crippen LogP contribution is -2.12. The molecule has 3 aromatic rings. The van der Waals surface area contributed by atoms with Crippen molar-refractivity contribution < 1.29 is 36.5 Å². The van der Waals surface area contributed by atoms with E-state index in [-0.39, 0.29) is 37.9 Å². The van der Waals surface area contributed by atoms with Crippen molar-refractivity contribution >= 4 is 22.4 Å². The van der Waals surface area contributed by atoms with Gasteiger partial charge in [0.05, 0.1) is 18.7 Å². The van der Waals surface area contributed by atoms with E-state index >= 15 is 0 Å². The van der Waals surface area contributed by atoms with Crippen molar-refractivity contribution in [2.45, 2.75) is 13.2 Å². The topological polar surface area (TPSA) is 74.7 Å². The van der Waals surface area contributed by atoms with E-state index < -0.39 is 13.2 Å². The molecule has 11 heteroatoms. The highest BCUT2D eigenvalue weighted by Crippen LogP contribution is 2.35. The molecule has 7 nitrogen and oxygen atoms in total. The van der Waals surface area contributed by atoms with E-state index in [1.165, 1.54) is 12.4 Å². The standard InChI is InChI=1S/C22H19F4N3O4/c1-2-14-4-3-5-15(10-14)29-20-16-11-18(30-6-8-32-21(23)24)19(12-17(16)27-13-28-20)31-7-9-33-22(25)26/h1,3-5,10-13,21-22H,6-9H2,(H,27,28,29). The minimum atomic E-state index is -2.93. The van der Waals surface area contributed by atoms with Crippen molar-refractivity contribution in [1.82, 2.24) is 9.97 Å². The third kappa shape index (κ3) is 7.20. The fourth-order valence-electron chi connectivity index (χ4n) is 2.79. The Labute approximate surface area is 186 Å². The minimum Gasteiger partial charge on any atom is -0.487 e. The number of ether oxygens (including phenoxy) is 4. The van der Waals surface area contributed by atoms with Gasteiger partial charge in [-0.3, -0.25) is 0 Å². The Balaban J connectivity index is 1.87. The van der Waals surface area contributed by atoms with Crippen LogP contribution >= 0.6 is 0 Å². The van der Waals surface area contributed by atoms with Gasteiger partial charge in [0.2, 0.25) is 0 Å². The first-order chi connectivity index (χ1) is 16.0. The van der Waals surface area contributed by atoms with E-state index in [1.807, 2.05) is 0 Å². The van der Waals surface area contributed by atoms with E-state index in [4.69, 9.17) is 15.9 Å². The van der Waals surface area contributed by atoms with Gasteiger partial charge in [-0.25, -0.2) is 9.97 Å². The molecule has 1 heterocycles. The molecule has 0 saturated carbocycles. The number of hydrogen-bond donors (Lipinski definition) is 1. The molecule has 0 saturated heterocycles. The fraction of sp³-hybridized carbons (Fsp3) is 0.273. The van der Waals surface area contributed by atoms with Crippen LogP contribution in [0.3, 0.4) is 0 Å². The van der Waals surface area contributed by atoms with Gasteiger partial charge in [-0.2, -0.15) is 17.6 Å². The Hall–Kier alpha value is -3.62. The molecule has 0 fully saturated rings. The SMILES string of the molecule is C#Cc1cccc(Nc2ncnc3cc(OCCOC(F)F)c(OCCOC(F)F)cc23)c1. The normalized spacial score (nSPS) is 11.1. The number of alkyl halides is 4. The lowest BCUT2D eigenvalue weighted by Gasteiger charge is -2.15. The quantitative estimate of drug-likeness (QED) is 0.238. The second-order valence-corrected chi connectivity index (χ2v) is 6.35. The summed E-state index contributed by atoms with van der Waals surface area (Å²) in [6.07, 6.45) is 6.77. The number of hydrogen-bond acceptors (Lipinski definition) is 7. The fourth-order valence-corrected chi connectivity index (χ4v) is 2.79. The van der Waals surface area contributed by atoms with E-state index in [2.05, 4.69) is 30.7 Å². The predicted molar refractivity (Wildman–Crippen MR) is 112 cm³/mol. The monoisotopic (exact) mass is 465 g/mol. The maximum atomic E-state index is 12.2. The summed E-state index contributed by atoms with van der Waals surface area (Å²) in [5.41, 5.74) is 1.81. The highest BCUT2D eigenvalue weighted by Gasteiger charge is 2.14. The largest absolute Gasteiger partial charge is 0.487 e. The molecule has 0 bridgehead atoms. The number of anilines is 2. The number of nitrogens with one attached hydrogen (secondary N) is 1. The maximum absolute atomic E-state index is 12.2. The van der Waals surface area contributed by atoms with Gasteiger partial charge < -0.3 is 24.3 Å². The van der Waals surface area contributed by atoms with Gasteiger partial charge >= 0.3 is 13.2 Å². The number of terminal acetylenes is 1. The smallest absolute Gasteiger partial charge is 0.345 e. The number of benzene rings is 2. The van der Waals surface area contributed by atoms with Crippen LogP contribution in [-0.2, 0) is 9.47 Å². The third-order valence-corrected chi connectivity index (χ3v) is 4.16. The molecule has 0 aliphatic rings. The Morgan fingerprint density at radius 2 is 1.55 bits per heavy atom. The Bertz CT molecular complexity index is 1110. The molecule has 1 N–H and O–H groups in total. The van der Waals surface area contributed by atoms with Crippen molar-refractivity contribution in [3.05, 3.63) is 48.3 Å². The summed E-state index contributed by atoms with van der Waals surface area (Å²) in [7, 11) is 0. The first-order valence-electron chi connectivity index (χ1n) is 9.64. The summed E-state index contributed by atoms with van der Waals surface area (Å²) >= 11 is 0. The van der Waals surface area contributed by atoms with Crippen LogP contribution in [0.2, 0.25) is 0 Å². The average molecular weight is 465 g/mol. The van der Waals surface area contributed by atoms with Crippen molar-refractivity contribution in [3.63, 3.8) is 0 Å². The summed E-state index contributed by atoms with van der Waals surface area (Å²) in [4.78, 5) is 8.45. The van der Waals surface area contributed by atoms with Crippen LogP contribution in [0.5, 0.6) is 11.5 Å². The molecule has 0 aliphatic heterocycles. The molecule has 0 unspecified atom stereocenters. The Kier molecular flexibility index (Phi) is 8.63. The molecule has 0 aliphatic carbocycles. The summed E-state index contributed by atoms with van der Waals surface area (Å²) in [6, 6.07) is 10.2. The number of aromatic nitrogens is 2. The van der Waals surface area contributed by atoms with Crippen LogP contribution in [0.25, 0.3) is 10.9 Å². The highest BCUT2D eigenvalue weighted by atomic mass is 19.3. The molecule has 174 valence electrons. The van der Waals surface area contributed by atoms with E-state index in [9.17, 15) is 17.6 Å². The van der Waals surface area contributed by atoms with Crippen LogP contribution in [0.1, 0.15) is 5.56 Å². The molecule has 0 radical (unpaired) electrons. The molecule has 3 rings (SSSR count). The Morgan fingerprint density at radius 1 is 0.879 bits per heavy atom. The molecular formula is C22H19F4N3O4. The third-order valence-electron chi connectivity index (χ3n) is 4.16. The lowest BCUT2D eigenvalue weighted by atomic mass is 10.2. The van der Waals surface area contributed by atoms with Crippen molar-refractivity contribution in [2.24, 2.45) is 0 Å². The molecule has 1 aromatic heterocycles. The minimum absolute atomic E-state index is 0.160. The van der Waals surface area contributed by atoms with Crippen molar-refractivity contribution in [2.75, 3.05) is 31.7 Å². The maximum Gasteiger partial charge on any atom is 0.345 e. The number of fused-ring (bicyclic) bond motifs is 1. The summed E-state index contributed by atoms with van der Waals surface area (Å²) < 4.78 is 68.2. The zero-order chi connectivity index (χ0) is 23.6. The highest BCUT2D eigenvalue weighted by molar-refractivity contribution is 5.93. The Morgan fingerprint density at radius 3 is 2.18 bits per heavy atom. The van der Waals surface area contributed by atoms with E-state index in [0.717, 1.165) is 0 Å². The van der Waals surface area contributed by atoms with Gasteiger partial charge in [0.15, 0.2) is 11.5 Å². The van der Waals surface area contributed by atoms with Crippen LogP contribution in [0.4, 0.5) is 29.1 Å². The zero-order valence-electron chi connectivity index (χ0n) is 17.1. The molecular weight excluding hydrogens is 446 g/mol. The number of halogens is 4. The van der Waals surface area contributed by atoms with Crippen LogP contribution < -0.4 is 14.8 Å². The summed E-state index contributed by atoms with van der Waals surface area (Å²) in [6.45, 7) is -7.02. The van der Waals surface area contributed by atoms with Gasteiger partial charge in [0.25, 0.3) is 0 Å². The van der Waals surface area contributed by atoms with Gasteiger partial charge in [0.1, 0.15) is 25.4 Å². The predicted octanol–water partition coefficient (Wildman–Crippen LogP) is 4.59. The van der Waals surface area contributed by atoms with Crippen LogP contribution in [0.15, 0.2) is 42.7 Å². The first-order valence-corrected chi connectivity index (χ1v) is 9.64. The number of rotatable bonds is 12. The average Bonchev–Trinajstić information content (AvgIpc) is 2.79. The zero-order valence-corrected chi connectivity index (χ0v) is 17.1. The van der Waals surface area contributed by atoms with Gasteiger partial charge in [-0.1, -0.05) is 12.0 Å². The van der Waals surface area contributed by atoms with Gasteiger partial charge in [-0.05, 0) is 24.3 Å². The number of nitrogens with zero attached hydrogens (tertiary/aromatic N) is 2. The van der Waals surface area contributed by atoms with Crippen LogP contribution in [-0.4, -0.2) is 49.6 Å². The van der Waals surface area contributed by atoms with E-state index in [0.29, 0.717) is 28.0 Å². The molecule has 0 atom stereocenters. The first kappa shape index (κ1) is 24.0. The van der Waals surface area contributed by atoms with Gasteiger partial charge in [-0.15, -0.1) is 6.42 Å². The molecule has 2 aromatic carbocycles. The van der Waals surface area contributed by atoms with Crippen molar-refractivity contribution in [1.29, 1.82) is 0 Å². The molecule has 0 spiro atoms. The van der Waals surface area contributed by atoms with Gasteiger partial charge in [0, 0.05) is 22.7 Å². The van der Waals surface area contributed by atoms with Crippen molar-refractivity contribution in [3.8, 4) is 23.8 Å². The summed E-state index contributed by atoms with van der Waals surface area (Å²) in [5.74, 6) is 3.29. The lowest BCUT2D eigenvalue weighted by molar-refractivity contribution is -0.134. The summed E-state index contributed by atoms with van der Waals surface area (Å²) in [5, 5.41) is 3.68. The second kappa shape index (κ2) is 11.8.